The van der Waals surface area contributed by atoms with Gasteiger partial charge in [0.2, 0.25) is 0 Å². The first kappa shape index (κ1) is 17.0. The van der Waals surface area contributed by atoms with Gasteiger partial charge in [-0.05, 0) is 55.7 Å². The van der Waals surface area contributed by atoms with E-state index in [0.717, 1.165) is 13.1 Å². The molecule has 3 rings (SSSR count). The zero-order valence-corrected chi connectivity index (χ0v) is 14.3. The minimum atomic E-state index is -0.522. The Balaban J connectivity index is 1.72. The van der Waals surface area contributed by atoms with Crippen molar-refractivity contribution < 1.29 is 14.3 Å². The second kappa shape index (κ2) is 7.83. The highest BCUT2D eigenvalue weighted by molar-refractivity contribution is 6.11. The lowest BCUT2D eigenvalue weighted by Gasteiger charge is -2.28. The summed E-state index contributed by atoms with van der Waals surface area (Å²) in [5.41, 5.74) is 2.43. The van der Waals surface area contributed by atoms with Crippen LogP contribution in [0.1, 0.15) is 40.0 Å². The Hall–Kier alpha value is -2.82. The molecule has 0 radical (unpaired) electrons. The fourth-order valence-electron chi connectivity index (χ4n) is 3.08. The maximum absolute atomic E-state index is 12.5. The first-order valence-corrected chi connectivity index (χ1v) is 8.53. The molecule has 2 aromatic rings. The molecule has 25 heavy (non-hydrogen) atoms. The van der Waals surface area contributed by atoms with Crippen LogP contribution in [0, 0.1) is 0 Å². The number of esters is 1. The third-order valence-electron chi connectivity index (χ3n) is 4.42. The van der Waals surface area contributed by atoms with Gasteiger partial charge in [0.05, 0.1) is 18.2 Å². The number of amides is 1. The molecule has 1 aliphatic heterocycles. The predicted octanol–water partition coefficient (Wildman–Crippen LogP) is 3.72. The minimum absolute atomic E-state index is 0.257. The molecule has 0 saturated carbocycles. The quantitative estimate of drug-likeness (QED) is 0.863. The largest absolute Gasteiger partial charge is 0.465 e. The molecule has 5 heteroatoms. The third-order valence-corrected chi connectivity index (χ3v) is 4.42. The zero-order valence-electron chi connectivity index (χ0n) is 14.3. The molecule has 5 nitrogen and oxygen atoms in total. The van der Waals surface area contributed by atoms with E-state index >= 15 is 0 Å². The van der Waals surface area contributed by atoms with Crippen LogP contribution in [-0.4, -0.2) is 32.1 Å². The Bertz CT molecular complexity index is 750. The number of ether oxygens (including phenoxy) is 1. The molecule has 0 atom stereocenters. The minimum Gasteiger partial charge on any atom is -0.465 e. The van der Waals surface area contributed by atoms with Gasteiger partial charge in [-0.1, -0.05) is 12.1 Å². The molecule has 0 bridgehead atoms. The fourth-order valence-corrected chi connectivity index (χ4v) is 3.08. The topological polar surface area (TPSA) is 58.6 Å². The van der Waals surface area contributed by atoms with Gasteiger partial charge < -0.3 is 15.0 Å². The Kier molecular flexibility index (Phi) is 5.33. The molecule has 0 aromatic heterocycles. The Morgan fingerprint density at radius 2 is 1.56 bits per heavy atom. The molecule has 2 aromatic carbocycles. The standard InChI is InChI=1S/C20H22N2O3/c1-25-20(24)18-8-4-3-7-17(18)19(23)21-15-9-11-16(12-10-15)22-13-5-2-6-14-22/h3-4,7-12H,2,5-6,13-14H2,1H3,(H,21,23). The van der Waals surface area contributed by atoms with Crippen molar-refractivity contribution in [2.45, 2.75) is 19.3 Å². The number of nitrogens with one attached hydrogen (secondary N) is 1. The second-order valence-corrected chi connectivity index (χ2v) is 6.09. The van der Waals surface area contributed by atoms with E-state index in [9.17, 15) is 9.59 Å². The van der Waals surface area contributed by atoms with Crippen LogP contribution in [0.4, 0.5) is 11.4 Å². The van der Waals surface area contributed by atoms with E-state index in [2.05, 4.69) is 10.2 Å². The maximum atomic E-state index is 12.5. The number of piperidine rings is 1. The summed E-state index contributed by atoms with van der Waals surface area (Å²) in [5, 5.41) is 2.84. The number of hydrogen-bond acceptors (Lipinski definition) is 4. The van der Waals surface area contributed by atoms with Crippen LogP contribution in [0.15, 0.2) is 48.5 Å². The lowest BCUT2D eigenvalue weighted by molar-refractivity contribution is 0.0597. The first-order valence-electron chi connectivity index (χ1n) is 8.53. The Morgan fingerprint density at radius 1 is 0.920 bits per heavy atom. The summed E-state index contributed by atoms with van der Waals surface area (Å²) >= 11 is 0. The van der Waals surface area contributed by atoms with Crippen molar-refractivity contribution in [3.8, 4) is 0 Å². The summed E-state index contributed by atoms with van der Waals surface area (Å²) in [7, 11) is 1.30. The monoisotopic (exact) mass is 338 g/mol. The number of anilines is 2. The summed E-state index contributed by atoms with van der Waals surface area (Å²) < 4.78 is 4.74. The van der Waals surface area contributed by atoms with E-state index < -0.39 is 5.97 Å². The van der Waals surface area contributed by atoms with Crippen LogP contribution in [0.5, 0.6) is 0 Å². The molecule has 0 unspecified atom stereocenters. The molecule has 1 N–H and O–H groups in total. The van der Waals surface area contributed by atoms with E-state index in [1.54, 1.807) is 24.3 Å². The maximum Gasteiger partial charge on any atom is 0.338 e. The van der Waals surface area contributed by atoms with Crippen molar-refractivity contribution in [3.05, 3.63) is 59.7 Å². The van der Waals surface area contributed by atoms with Crippen LogP contribution in [0.25, 0.3) is 0 Å². The van der Waals surface area contributed by atoms with Crippen LogP contribution in [0.3, 0.4) is 0 Å². The summed E-state index contributed by atoms with van der Waals surface area (Å²) in [6.07, 6.45) is 3.75. The van der Waals surface area contributed by atoms with Crippen molar-refractivity contribution in [1.82, 2.24) is 0 Å². The van der Waals surface area contributed by atoms with Crippen molar-refractivity contribution in [1.29, 1.82) is 0 Å². The molecular weight excluding hydrogens is 316 g/mol. The predicted molar refractivity (Wildman–Crippen MR) is 98.2 cm³/mol. The molecule has 130 valence electrons. The molecule has 1 amide bonds. The summed E-state index contributed by atoms with van der Waals surface area (Å²) in [6, 6.07) is 14.5. The number of carbonyl (C=O) groups is 2. The highest BCUT2D eigenvalue weighted by Crippen LogP contribution is 2.22. The van der Waals surface area contributed by atoms with Crippen LogP contribution in [0.2, 0.25) is 0 Å². The number of benzene rings is 2. The van der Waals surface area contributed by atoms with Gasteiger partial charge in [-0.3, -0.25) is 4.79 Å². The number of rotatable bonds is 4. The van der Waals surface area contributed by atoms with Gasteiger partial charge in [0.25, 0.3) is 5.91 Å². The molecule has 1 saturated heterocycles. The number of hydrogen-bond donors (Lipinski definition) is 1. The highest BCUT2D eigenvalue weighted by Gasteiger charge is 2.17. The number of nitrogens with zero attached hydrogens (tertiary/aromatic N) is 1. The normalized spacial score (nSPS) is 14.0. The van der Waals surface area contributed by atoms with E-state index in [-0.39, 0.29) is 11.5 Å². The van der Waals surface area contributed by atoms with Gasteiger partial charge in [-0.2, -0.15) is 0 Å². The van der Waals surface area contributed by atoms with Crippen molar-refractivity contribution in [2.75, 3.05) is 30.4 Å². The van der Waals surface area contributed by atoms with Gasteiger partial charge in [-0.15, -0.1) is 0 Å². The molecule has 1 fully saturated rings. The van der Waals surface area contributed by atoms with Gasteiger partial charge in [-0.25, -0.2) is 4.79 Å². The second-order valence-electron chi connectivity index (χ2n) is 6.09. The van der Waals surface area contributed by atoms with E-state index in [1.807, 2.05) is 24.3 Å². The van der Waals surface area contributed by atoms with E-state index in [4.69, 9.17) is 4.74 Å². The smallest absolute Gasteiger partial charge is 0.338 e. The van der Waals surface area contributed by atoms with Crippen molar-refractivity contribution in [3.63, 3.8) is 0 Å². The highest BCUT2D eigenvalue weighted by atomic mass is 16.5. The Labute approximate surface area is 147 Å². The van der Waals surface area contributed by atoms with Gasteiger partial charge in [0.15, 0.2) is 0 Å². The SMILES string of the molecule is COC(=O)c1ccccc1C(=O)Nc1ccc(N2CCCCC2)cc1. The van der Waals surface area contributed by atoms with Crippen LogP contribution >= 0.6 is 0 Å². The Morgan fingerprint density at radius 3 is 2.20 bits per heavy atom. The number of methoxy groups -OCH3 is 1. The van der Waals surface area contributed by atoms with E-state index in [0.29, 0.717) is 11.3 Å². The van der Waals surface area contributed by atoms with Gasteiger partial charge in [0, 0.05) is 24.5 Å². The van der Waals surface area contributed by atoms with Gasteiger partial charge in [0.1, 0.15) is 0 Å². The van der Waals surface area contributed by atoms with Gasteiger partial charge >= 0.3 is 5.97 Å². The first-order chi connectivity index (χ1) is 12.2. The van der Waals surface area contributed by atoms with Crippen LogP contribution < -0.4 is 10.2 Å². The zero-order chi connectivity index (χ0) is 17.6. The molecular formula is C20H22N2O3. The lowest BCUT2D eigenvalue weighted by Crippen LogP contribution is -2.29. The summed E-state index contributed by atoms with van der Waals surface area (Å²) in [5.74, 6) is -0.849. The molecule has 1 heterocycles. The lowest BCUT2D eigenvalue weighted by atomic mass is 10.1. The fraction of sp³-hybridized carbons (Fsp3) is 0.300. The summed E-state index contributed by atoms with van der Waals surface area (Å²) in [4.78, 5) is 26.7. The molecule has 0 aliphatic carbocycles. The third kappa shape index (κ3) is 3.99. The average molecular weight is 338 g/mol. The van der Waals surface area contributed by atoms with Crippen molar-refractivity contribution >= 4 is 23.3 Å². The molecule has 0 spiro atoms. The van der Waals surface area contributed by atoms with Crippen molar-refractivity contribution in [2.24, 2.45) is 0 Å². The average Bonchev–Trinajstić information content (AvgIpc) is 2.68. The summed E-state index contributed by atoms with van der Waals surface area (Å²) in [6.45, 7) is 2.16. The molecule has 1 aliphatic rings. The van der Waals surface area contributed by atoms with E-state index in [1.165, 1.54) is 32.1 Å². The number of carbonyl (C=O) groups excluding carboxylic acids is 2. The van der Waals surface area contributed by atoms with Crippen LogP contribution in [-0.2, 0) is 4.74 Å².